The van der Waals surface area contributed by atoms with Gasteiger partial charge in [-0.3, -0.25) is 0 Å². The third kappa shape index (κ3) is 2.51. The first-order chi connectivity index (χ1) is 9.89. The van der Waals surface area contributed by atoms with E-state index in [1.54, 1.807) is 17.9 Å². The highest BCUT2D eigenvalue weighted by Gasteiger charge is 2.41. The predicted octanol–water partition coefficient (Wildman–Crippen LogP) is 1.31. The van der Waals surface area contributed by atoms with E-state index in [1.807, 2.05) is 5.38 Å². The van der Waals surface area contributed by atoms with Gasteiger partial charge in [-0.1, -0.05) is 0 Å². The summed E-state index contributed by atoms with van der Waals surface area (Å²) in [7, 11) is 0. The SMILES string of the molecule is CC1(O)CCN(C(=O)N2CCc3sccc3C2C(=O)O)C1. The monoisotopic (exact) mass is 310 g/mol. The van der Waals surface area contributed by atoms with Crippen LogP contribution in [-0.2, 0) is 11.2 Å². The van der Waals surface area contributed by atoms with Crippen molar-refractivity contribution < 1.29 is 19.8 Å². The van der Waals surface area contributed by atoms with E-state index in [1.165, 1.54) is 16.2 Å². The number of carboxylic acid groups (broad SMARTS) is 1. The van der Waals surface area contributed by atoms with Crippen LogP contribution in [0.25, 0.3) is 0 Å². The number of nitrogens with zero attached hydrogens (tertiary/aromatic N) is 2. The minimum Gasteiger partial charge on any atom is -0.479 e. The highest BCUT2D eigenvalue weighted by atomic mass is 32.1. The highest BCUT2D eigenvalue weighted by Crippen LogP contribution is 2.35. The number of β-amino-alcohol motifs (C(OH)–C–C–N with tert-alkyl or cyclic N) is 1. The second-order valence-electron chi connectivity index (χ2n) is 5.93. The predicted molar refractivity (Wildman–Crippen MR) is 77.3 cm³/mol. The smallest absolute Gasteiger partial charge is 0.331 e. The molecule has 3 rings (SSSR count). The second-order valence-corrected chi connectivity index (χ2v) is 6.94. The Balaban J connectivity index is 1.85. The molecule has 0 aromatic carbocycles. The summed E-state index contributed by atoms with van der Waals surface area (Å²) in [5.74, 6) is -1.01. The van der Waals surface area contributed by atoms with Gasteiger partial charge in [-0.05, 0) is 36.8 Å². The lowest BCUT2D eigenvalue weighted by molar-refractivity contribution is -0.143. The largest absolute Gasteiger partial charge is 0.479 e. The molecule has 7 heteroatoms. The number of aliphatic hydroxyl groups is 1. The number of fused-ring (bicyclic) bond motifs is 1. The van der Waals surface area contributed by atoms with Crippen LogP contribution in [0.15, 0.2) is 11.4 Å². The van der Waals surface area contributed by atoms with E-state index in [-0.39, 0.29) is 12.6 Å². The average molecular weight is 310 g/mol. The fraction of sp³-hybridized carbons (Fsp3) is 0.571. The minimum atomic E-state index is -1.01. The molecule has 1 aromatic heterocycles. The Bertz CT molecular complexity index is 583. The van der Waals surface area contributed by atoms with Gasteiger partial charge in [0.15, 0.2) is 6.04 Å². The third-order valence-electron chi connectivity index (χ3n) is 4.17. The van der Waals surface area contributed by atoms with E-state index in [2.05, 4.69) is 0 Å². The summed E-state index contributed by atoms with van der Waals surface area (Å²) in [6.07, 6.45) is 1.21. The van der Waals surface area contributed by atoms with Crippen LogP contribution in [0.1, 0.15) is 29.8 Å². The molecule has 21 heavy (non-hydrogen) atoms. The van der Waals surface area contributed by atoms with Gasteiger partial charge in [0, 0.05) is 18.0 Å². The Kier molecular flexibility index (Phi) is 3.41. The summed E-state index contributed by atoms with van der Waals surface area (Å²) in [4.78, 5) is 28.2. The van der Waals surface area contributed by atoms with Gasteiger partial charge in [-0.15, -0.1) is 11.3 Å². The van der Waals surface area contributed by atoms with Crippen molar-refractivity contribution in [3.8, 4) is 0 Å². The zero-order chi connectivity index (χ0) is 15.2. The van der Waals surface area contributed by atoms with Crippen molar-refractivity contribution in [1.29, 1.82) is 0 Å². The van der Waals surface area contributed by atoms with Crippen LogP contribution in [-0.4, -0.2) is 57.2 Å². The number of rotatable bonds is 1. The molecular formula is C14H18N2O4S. The number of carbonyl (C=O) groups is 2. The maximum atomic E-state index is 12.6. The van der Waals surface area contributed by atoms with Crippen LogP contribution in [0, 0.1) is 0 Å². The topological polar surface area (TPSA) is 81.1 Å². The Morgan fingerprint density at radius 1 is 1.43 bits per heavy atom. The lowest BCUT2D eigenvalue weighted by Gasteiger charge is -2.36. The molecule has 0 saturated carbocycles. The lowest BCUT2D eigenvalue weighted by atomic mass is 10.0. The van der Waals surface area contributed by atoms with Gasteiger partial charge >= 0.3 is 12.0 Å². The van der Waals surface area contributed by atoms with Crippen LogP contribution in [0.3, 0.4) is 0 Å². The standard InChI is InChI=1S/C14H18N2O4S/c1-14(20)4-6-15(8-14)13(19)16-5-2-10-9(3-7-21-10)11(16)12(17)18/h3,7,11,20H,2,4-6,8H2,1H3,(H,17,18). The number of likely N-dealkylation sites (tertiary alicyclic amines) is 1. The van der Waals surface area contributed by atoms with Crippen LogP contribution >= 0.6 is 11.3 Å². The summed E-state index contributed by atoms with van der Waals surface area (Å²) in [6.45, 7) is 2.82. The second kappa shape index (κ2) is 4.99. The van der Waals surface area contributed by atoms with E-state index in [0.29, 0.717) is 25.9 Å². The van der Waals surface area contributed by atoms with Crippen LogP contribution in [0.2, 0.25) is 0 Å². The lowest BCUT2D eigenvalue weighted by Crippen LogP contribution is -2.49. The molecule has 0 spiro atoms. The number of thiophene rings is 1. The molecule has 1 saturated heterocycles. The maximum absolute atomic E-state index is 12.6. The molecule has 2 N–H and O–H groups in total. The van der Waals surface area contributed by atoms with E-state index in [0.717, 1.165) is 10.4 Å². The van der Waals surface area contributed by atoms with Crippen LogP contribution in [0.4, 0.5) is 4.79 Å². The van der Waals surface area contributed by atoms with Gasteiger partial charge in [0.1, 0.15) is 0 Å². The molecule has 2 aliphatic heterocycles. The van der Waals surface area contributed by atoms with Crippen molar-refractivity contribution in [2.75, 3.05) is 19.6 Å². The molecule has 2 unspecified atom stereocenters. The van der Waals surface area contributed by atoms with Crippen molar-refractivity contribution in [2.45, 2.75) is 31.4 Å². The Labute approximate surface area is 126 Å². The molecular weight excluding hydrogens is 292 g/mol. The molecule has 1 aromatic rings. The number of carboxylic acids is 1. The summed E-state index contributed by atoms with van der Waals surface area (Å²) in [6, 6.07) is 0.577. The molecule has 0 radical (unpaired) electrons. The maximum Gasteiger partial charge on any atom is 0.331 e. The minimum absolute atomic E-state index is 0.255. The third-order valence-corrected chi connectivity index (χ3v) is 5.16. The van der Waals surface area contributed by atoms with Crippen LogP contribution < -0.4 is 0 Å². The van der Waals surface area contributed by atoms with E-state index < -0.39 is 17.6 Å². The highest BCUT2D eigenvalue weighted by molar-refractivity contribution is 7.10. The van der Waals surface area contributed by atoms with Crippen molar-refractivity contribution in [1.82, 2.24) is 9.80 Å². The zero-order valence-electron chi connectivity index (χ0n) is 11.8. The number of aliphatic carboxylic acids is 1. The van der Waals surface area contributed by atoms with Gasteiger partial charge in [-0.2, -0.15) is 0 Å². The normalized spacial score (nSPS) is 28.6. The van der Waals surface area contributed by atoms with Gasteiger partial charge in [0.25, 0.3) is 0 Å². The summed E-state index contributed by atoms with van der Waals surface area (Å²) in [5.41, 5.74) is -0.157. The van der Waals surface area contributed by atoms with Gasteiger partial charge in [0.2, 0.25) is 0 Å². The van der Waals surface area contributed by atoms with E-state index >= 15 is 0 Å². The van der Waals surface area contributed by atoms with Crippen molar-refractivity contribution >= 4 is 23.3 Å². The number of urea groups is 1. The molecule has 0 bridgehead atoms. The summed E-state index contributed by atoms with van der Waals surface area (Å²) in [5, 5.41) is 21.4. The fourth-order valence-electron chi connectivity index (χ4n) is 3.08. The first-order valence-electron chi connectivity index (χ1n) is 6.96. The Morgan fingerprint density at radius 2 is 2.19 bits per heavy atom. The molecule has 6 nitrogen and oxygen atoms in total. The summed E-state index contributed by atoms with van der Waals surface area (Å²) >= 11 is 1.54. The van der Waals surface area contributed by atoms with Crippen molar-refractivity contribution in [3.05, 3.63) is 21.9 Å². The molecule has 114 valence electrons. The van der Waals surface area contributed by atoms with Crippen LogP contribution in [0.5, 0.6) is 0 Å². The molecule has 2 aliphatic rings. The molecule has 0 aliphatic carbocycles. The van der Waals surface area contributed by atoms with Crippen molar-refractivity contribution in [3.63, 3.8) is 0 Å². The van der Waals surface area contributed by atoms with Crippen molar-refractivity contribution in [2.24, 2.45) is 0 Å². The Morgan fingerprint density at radius 3 is 2.81 bits per heavy atom. The van der Waals surface area contributed by atoms with Gasteiger partial charge in [0.05, 0.1) is 12.1 Å². The number of hydrogen-bond acceptors (Lipinski definition) is 4. The first-order valence-corrected chi connectivity index (χ1v) is 7.84. The summed E-state index contributed by atoms with van der Waals surface area (Å²) < 4.78 is 0. The quantitative estimate of drug-likeness (QED) is 0.819. The fourth-order valence-corrected chi connectivity index (χ4v) is 3.98. The van der Waals surface area contributed by atoms with E-state index in [9.17, 15) is 19.8 Å². The number of hydrogen-bond donors (Lipinski definition) is 2. The molecule has 3 heterocycles. The average Bonchev–Trinajstić information content (AvgIpc) is 3.02. The van der Waals surface area contributed by atoms with Gasteiger partial charge < -0.3 is 20.0 Å². The number of amides is 2. The Hall–Kier alpha value is -1.60. The first kappa shape index (κ1) is 14.3. The molecule has 2 amide bonds. The zero-order valence-corrected chi connectivity index (χ0v) is 12.6. The molecule has 1 fully saturated rings. The molecule has 2 atom stereocenters. The number of carbonyl (C=O) groups excluding carboxylic acids is 1. The van der Waals surface area contributed by atoms with Gasteiger partial charge in [-0.25, -0.2) is 9.59 Å². The van der Waals surface area contributed by atoms with E-state index in [4.69, 9.17) is 0 Å².